The van der Waals surface area contributed by atoms with Crippen molar-refractivity contribution in [2.45, 2.75) is 24.5 Å². The summed E-state index contributed by atoms with van der Waals surface area (Å²) in [5.41, 5.74) is 4.78. The number of phenolic OH excluding ortho intramolecular Hbond substituents is 1. The fraction of sp³-hybridized carbons (Fsp3) is 0.345. The molecule has 2 saturated carbocycles. The van der Waals surface area contributed by atoms with Gasteiger partial charge in [-0.05, 0) is 90.3 Å². The number of halogens is 1. The van der Waals surface area contributed by atoms with Gasteiger partial charge in [0.05, 0.1) is 17.5 Å². The molecule has 0 aliphatic heterocycles. The first kappa shape index (κ1) is 27.4. The van der Waals surface area contributed by atoms with E-state index < -0.39 is 64.4 Å². The molecule has 2 unspecified atom stereocenters. The lowest BCUT2D eigenvalue weighted by Crippen LogP contribution is -2.74. The van der Waals surface area contributed by atoms with Crippen LogP contribution in [0.5, 0.6) is 5.75 Å². The summed E-state index contributed by atoms with van der Waals surface area (Å²) < 4.78 is 1.09. The predicted octanol–water partition coefficient (Wildman–Crippen LogP) is 1.64. The van der Waals surface area contributed by atoms with Gasteiger partial charge in [0.15, 0.2) is 34.7 Å². The van der Waals surface area contributed by atoms with Gasteiger partial charge in [-0.3, -0.25) is 28.9 Å². The number of fused-ring (bicyclic) bond motifs is 3. The second kappa shape index (κ2) is 9.76. The molecule has 0 heterocycles. The Hall–Kier alpha value is -3.22. The number of nitrogens with two attached hydrogens (primary N) is 1. The van der Waals surface area contributed by atoms with Gasteiger partial charge in [0.1, 0.15) is 5.75 Å². The Labute approximate surface area is 238 Å². The summed E-state index contributed by atoms with van der Waals surface area (Å²) in [7, 11) is 3.11. The number of amides is 1. The number of nitrogens with zero attached hydrogens (tertiary/aromatic N) is 1. The first-order valence-electron chi connectivity index (χ1n) is 12.5. The summed E-state index contributed by atoms with van der Waals surface area (Å²) in [6, 6.07) is 9.77. The number of primary amides is 1. The number of Topliss-reactive ketones (excluding diaryl/α,β-unsaturated/α-hetero) is 4. The van der Waals surface area contributed by atoms with E-state index in [1.54, 1.807) is 20.2 Å². The third-order valence-corrected chi connectivity index (χ3v) is 9.03. The molecule has 0 radical (unpaired) electrons. The van der Waals surface area contributed by atoms with Crippen LogP contribution >= 0.6 is 22.6 Å². The third kappa shape index (κ3) is 4.16. The van der Waals surface area contributed by atoms with Crippen LogP contribution in [-0.4, -0.2) is 69.9 Å². The highest BCUT2D eigenvalue weighted by atomic mass is 127. The molecule has 10 heteroatoms. The van der Waals surface area contributed by atoms with Crippen LogP contribution in [0.4, 0.5) is 0 Å². The van der Waals surface area contributed by atoms with Crippen molar-refractivity contribution in [3.63, 3.8) is 0 Å². The Bertz CT molecular complexity index is 1460. The molecular weight excluding hydrogens is 615 g/mol. The Balaban J connectivity index is 1.59. The van der Waals surface area contributed by atoms with Crippen molar-refractivity contribution >= 4 is 63.8 Å². The highest BCUT2D eigenvalue weighted by Crippen LogP contribution is 2.51. The van der Waals surface area contributed by atoms with Gasteiger partial charge in [-0.15, -0.1) is 0 Å². The van der Waals surface area contributed by atoms with Gasteiger partial charge in [0, 0.05) is 9.49 Å². The zero-order valence-electron chi connectivity index (χ0n) is 21.3. The minimum absolute atomic E-state index is 0.0137. The zero-order chi connectivity index (χ0) is 28.4. The lowest BCUT2D eigenvalue weighted by atomic mass is 9.52. The fourth-order valence-electron chi connectivity index (χ4n) is 6.54. The van der Waals surface area contributed by atoms with Crippen LogP contribution < -0.4 is 5.73 Å². The van der Waals surface area contributed by atoms with Crippen molar-refractivity contribution in [2.75, 3.05) is 14.1 Å². The van der Waals surface area contributed by atoms with Crippen LogP contribution in [0.2, 0.25) is 0 Å². The highest BCUT2D eigenvalue weighted by molar-refractivity contribution is 14.1. The van der Waals surface area contributed by atoms with E-state index in [9.17, 15) is 34.2 Å². The van der Waals surface area contributed by atoms with Crippen LogP contribution in [0.3, 0.4) is 0 Å². The van der Waals surface area contributed by atoms with Crippen molar-refractivity contribution < 1.29 is 34.2 Å². The van der Waals surface area contributed by atoms with Gasteiger partial charge in [0.2, 0.25) is 5.91 Å². The molecule has 4 N–H and O–H groups in total. The zero-order valence-corrected chi connectivity index (χ0v) is 23.4. The third-order valence-electron chi connectivity index (χ3n) is 8.31. The van der Waals surface area contributed by atoms with E-state index in [2.05, 4.69) is 22.6 Å². The number of likely N-dealkylation sites (N-methyl/N-ethyl adjacent to an activating group) is 1. The molecule has 0 spiro atoms. The van der Waals surface area contributed by atoms with Crippen LogP contribution in [0.15, 0.2) is 36.4 Å². The quantitative estimate of drug-likeness (QED) is 0.259. The van der Waals surface area contributed by atoms with E-state index in [1.807, 2.05) is 36.4 Å². The normalized spacial score (nSPS) is 30.3. The van der Waals surface area contributed by atoms with Crippen molar-refractivity contribution in [1.82, 2.24) is 4.90 Å². The molecule has 2 aromatic carbocycles. The van der Waals surface area contributed by atoms with E-state index >= 15 is 0 Å². The van der Waals surface area contributed by atoms with E-state index in [4.69, 9.17) is 5.73 Å². The second-order valence-electron chi connectivity index (χ2n) is 10.7. The number of ketones is 4. The number of phenols is 1. The van der Waals surface area contributed by atoms with Gasteiger partial charge in [-0.2, -0.15) is 0 Å². The van der Waals surface area contributed by atoms with E-state index in [1.165, 1.54) is 11.0 Å². The van der Waals surface area contributed by atoms with Gasteiger partial charge >= 0.3 is 0 Å². The van der Waals surface area contributed by atoms with E-state index in [-0.39, 0.29) is 24.2 Å². The van der Waals surface area contributed by atoms with Crippen LogP contribution in [-0.2, 0) is 25.6 Å². The Morgan fingerprint density at radius 3 is 2.33 bits per heavy atom. The molecule has 2 aromatic rings. The monoisotopic (exact) mass is 642 g/mol. The molecule has 1 amide bonds. The van der Waals surface area contributed by atoms with Crippen LogP contribution in [0.1, 0.15) is 33.5 Å². The summed E-state index contributed by atoms with van der Waals surface area (Å²) in [5, 5.41) is 22.3. The first-order valence-corrected chi connectivity index (χ1v) is 13.6. The van der Waals surface area contributed by atoms with Crippen LogP contribution in [0.25, 0.3) is 12.2 Å². The molecule has 5 rings (SSSR count). The summed E-state index contributed by atoms with van der Waals surface area (Å²) >= 11 is 2.21. The SMILES string of the molecule is CN(C)[C@@H]1C(=O)C(C(N)=O)C(=O)[C@@]2(O)C(=O)C3C(=O)c4c(O)ccc(/C=C/c5ccc(I)cc5)c4C[C@H]3C[C@@H]12. The van der Waals surface area contributed by atoms with Gasteiger partial charge in [0.25, 0.3) is 0 Å². The molecule has 0 bridgehead atoms. The summed E-state index contributed by atoms with van der Waals surface area (Å²) in [4.78, 5) is 67.7. The minimum atomic E-state index is -2.73. The average molecular weight is 642 g/mol. The van der Waals surface area contributed by atoms with Gasteiger partial charge in [-0.1, -0.05) is 30.4 Å². The Morgan fingerprint density at radius 2 is 1.72 bits per heavy atom. The molecule has 3 aliphatic carbocycles. The van der Waals surface area contributed by atoms with Crippen molar-refractivity contribution in [2.24, 2.45) is 29.4 Å². The van der Waals surface area contributed by atoms with Gasteiger partial charge in [-0.25, -0.2) is 0 Å². The number of aromatic hydroxyl groups is 1. The maximum atomic E-state index is 13.9. The second-order valence-corrected chi connectivity index (χ2v) is 11.9. The lowest BCUT2D eigenvalue weighted by Gasteiger charge is -2.52. The summed E-state index contributed by atoms with van der Waals surface area (Å²) in [6.45, 7) is 0. The summed E-state index contributed by atoms with van der Waals surface area (Å²) in [6.07, 6.45) is 3.95. The topological polar surface area (TPSA) is 155 Å². The average Bonchev–Trinajstić information content (AvgIpc) is 2.86. The van der Waals surface area contributed by atoms with Crippen molar-refractivity contribution in [3.05, 3.63) is 62.2 Å². The molecular formula is C29H27IN2O7. The van der Waals surface area contributed by atoms with Crippen LogP contribution in [0, 0.1) is 27.2 Å². The largest absolute Gasteiger partial charge is 0.507 e. The molecule has 9 nitrogen and oxygen atoms in total. The number of aliphatic hydroxyl groups is 1. The molecule has 0 aromatic heterocycles. The first-order chi connectivity index (χ1) is 18.4. The minimum Gasteiger partial charge on any atom is -0.507 e. The number of rotatable bonds is 4. The molecule has 2 fully saturated rings. The maximum absolute atomic E-state index is 13.9. The summed E-state index contributed by atoms with van der Waals surface area (Å²) in [5.74, 6) is -10.5. The van der Waals surface area contributed by atoms with Crippen molar-refractivity contribution in [1.29, 1.82) is 0 Å². The highest BCUT2D eigenvalue weighted by Gasteiger charge is 2.69. The molecule has 202 valence electrons. The van der Waals surface area contributed by atoms with Crippen molar-refractivity contribution in [3.8, 4) is 5.75 Å². The van der Waals surface area contributed by atoms with Gasteiger partial charge < -0.3 is 15.9 Å². The standard InChI is InChI=1S/C29H27IN2O7/c1-32(2)23-18-12-15-11-17-14(6-3-13-4-8-16(30)9-5-13)7-10-19(33)21(17)24(34)20(15)26(36)29(18,39)27(37)22(25(23)35)28(31)38/h3-10,15,18,20,22-23,33,39H,11-12H2,1-2H3,(H2,31,38)/b6-3+/t15-,18-,20?,22?,23-,29-/m0/s1. The number of hydrogen-bond acceptors (Lipinski definition) is 8. The number of hydrogen-bond donors (Lipinski definition) is 3. The maximum Gasteiger partial charge on any atom is 0.235 e. The molecule has 39 heavy (non-hydrogen) atoms. The molecule has 6 atom stereocenters. The number of benzene rings is 2. The Kier molecular flexibility index (Phi) is 6.84. The number of carbonyl (C=O) groups excluding carboxylic acids is 5. The smallest absolute Gasteiger partial charge is 0.235 e. The fourth-order valence-corrected chi connectivity index (χ4v) is 6.90. The Morgan fingerprint density at radius 1 is 1.05 bits per heavy atom. The predicted molar refractivity (Wildman–Crippen MR) is 149 cm³/mol. The van der Waals surface area contributed by atoms with E-state index in [0.29, 0.717) is 11.1 Å². The lowest BCUT2D eigenvalue weighted by molar-refractivity contribution is -0.181. The van der Waals surface area contributed by atoms with E-state index in [0.717, 1.165) is 9.13 Å². The number of carbonyl (C=O) groups is 5. The molecule has 3 aliphatic rings. The molecule has 0 saturated heterocycles.